The maximum Gasteiger partial charge on any atom is 0.317 e. The summed E-state index contributed by atoms with van der Waals surface area (Å²) < 4.78 is 0. The van der Waals surface area contributed by atoms with Crippen LogP contribution in [0.2, 0.25) is 0 Å². The number of rotatable bonds is 4. The van der Waals surface area contributed by atoms with E-state index < -0.39 is 11.4 Å². The van der Waals surface area contributed by atoms with Crippen LogP contribution in [0.3, 0.4) is 0 Å². The summed E-state index contributed by atoms with van der Waals surface area (Å²) in [4.78, 5) is 25.8. The van der Waals surface area contributed by atoms with Crippen LogP contribution in [-0.4, -0.2) is 40.6 Å². The van der Waals surface area contributed by atoms with Gasteiger partial charge in [-0.2, -0.15) is 0 Å². The Hall–Kier alpha value is -1.26. The molecule has 0 aromatic heterocycles. The normalized spacial score (nSPS) is 30.4. The first-order valence-corrected chi connectivity index (χ1v) is 7.79. The van der Waals surface area contributed by atoms with Crippen molar-refractivity contribution in [3.63, 3.8) is 0 Å². The minimum atomic E-state index is -0.815. The van der Waals surface area contributed by atoms with Crippen molar-refractivity contribution in [2.24, 2.45) is 5.41 Å². The van der Waals surface area contributed by atoms with Gasteiger partial charge in [-0.15, -0.1) is 0 Å². The summed E-state index contributed by atoms with van der Waals surface area (Å²) in [6, 6.07) is -0.000727. The van der Waals surface area contributed by atoms with Gasteiger partial charge in [-0.25, -0.2) is 4.79 Å². The monoisotopic (exact) mass is 282 g/mol. The predicted octanol–water partition coefficient (Wildman–Crippen LogP) is 2.60. The standard InChI is InChI=1S/C15H26N2O3/c1-3-17(11-7-4-5-8-11)14(20)16-12-9-6-10-15(12,2)13(18)19/h11-12H,3-10H2,1-2H3,(H,16,20)(H,18,19). The third kappa shape index (κ3) is 2.76. The lowest BCUT2D eigenvalue weighted by Crippen LogP contribution is -2.53. The molecule has 2 saturated carbocycles. The first-order chi connectivity index (χ1) is 9.49. The summed E-state index contributed by atoms with van der Waals surface area (Å²) in [5.41, 5.74) is -0.815. The summed E-state index contributed by atoms with van der Waals surface area (Å²) >= 11 is 0. The molecule has 2 rings (SSSR count). The third-order valence-corrected chi connectivity index (χ3v) is 5.11. The first kappa shape index (κ1) is 15.1. The number of carbonyl (C=O) groups excluding carboxylic acids is 1. The second-order valence-electron chi connectivity index (χ2n) is 6.34. The Kier molecular flexibility index (Phi) is 4.55. The van der Waals surface area contributed by atoms with Gasteiger partial charge in [0.15, 0.2) is 0 Å². The second kappa shape index (κ2) is 6.02. The zero-order valence-electron chi connectivity index (χ0n) is 12.5. The van der Waals surface area contributed by atoms with Crippen LogP contribution in [0.5, 0.6) is 0 Å². The number of carboxylic acids is 1. The van der Waals surface area contributed by atoms with Crippen LogP contribution in [0.15, 0.2) is 0 Å². The summed E-state index contributed by atoms with van der Waals surface area (Å²) in [5, 5.41) is 12.4. The smallest absolute Gasteiger partial charge is 0.317 e. The Morgan fingerprint density at radius 3 is 2.45 bits per heavy atom. The van der Waals surface area contributed by atoms with Crippen molar-refractivity contribution in [3.8, 4) is 0 Å². The fourth-order valence-electron chi connectivity index (χ4n) is 3.67. The fourth-order valence-corrected chi connectivity index (χ4v) is 3.67. The quantitative estimate of drug-likeness (QED) is 0.832. The molecule has 5 nitrogen and oxygen atoms in total. The van der Waals surface area contributed by atoms with E-state index in [0.29, 0.717) is 19.0 Å². The van der Waals surface area contributed by atoms with Gasteiger partial charge in [0.1, 0.15) is 0 Å². The molecule has 0 heterocycles. The van der Waals surface area contributed by atoms with Crippen molar-refractivity contribution in [3.05, 3.63) is 0 Å². The number of nitrogens with one attached hydrogen (secondary N) is 1. The van der Waals surface area contributed by atoms with Crippen LogP contribution < -0.4 is 5.32 Å². The molecule has 2 aliphatic rings. The minimum Gasteiger partial charge on any atom is -0.481 e. The number of hydrogen-bond donors (Lipinski definition) is 2. The van der Waals surface area contributed by atoms with E-state index in [1.54, 1.807) is 6.92 Å². The molecule has 2 amide bonds. The molecule has 0 bridgehead atoms. The van der Waals surface area contributed by atoms with Gasteiger partial charge >= 0.3 is 12.0 Å². The zero-order valence-corrected chi connectivity index (χ0v) is 12.5. The molecular weight excluding hydrogens is 256 g/mol. The van der Waals surface area contributed by atoms with Gasteiger partial charge in [0.25, 0.3) is 0 Å². The number of urea groups is 1. The van der Waals surface area contributed by atoms with Crippen LogP contribution in [0.4, 0.5) is 4.79 Å². The zero-order chi connectivity index (χ0) is 14.8. The molecule has 0 radical (unpaired) electrons. The van der Waals surface area contributed by atoms with Crippen molar-refractivity contribution in [2.45, 2.75) is 70.9 Å². The Labute approximate surface area is 120 Å². The number of aliphatic carboxylic acids is 1. The van der Waals surface area contributed by atoms with E-state index in [2.05, 4.69) is 5.32 Å². The largest absolute Gasteiger partial charge is 0.481 e. The SMILES string of the molecule is CCN(C(=O)NC1CCCC1(C)C(=O)O)C1CCCC1. The van der Waals surface area contributed by atoms with Gasteiger partial charge < -0.3 is 15.3 Å². The number of hydrogen-bond acceptors (Lipinski definition) is 2. The highest BCUT2D eigenvalue weighted by atomic mass is 16.4. The third-order valence-electron chi connectivity index (χ3n) is 5.11. The van der Waals surface area contributed by atoms with E-state index >= 15 is 0 Å². The highest BCUT2D eigenvalue weighted by molar-refractivity contribution is 5.79. The van der Waals surface area contributed by atoms with E-state index in [1.807, 2.05) is 11.8 Å². The van der Waals surface area contributed by atoms with Gasteiger partial charge in [-0.3, -0.25) is 4.79 Å². The van der Waals surface area contributed by atoms with Crippen molar-refractivity contribution in [2.75, 3.05) is 6.54 Å². The molecular formula is C15H26N2O3. The van der Waals surface area contributed by atoms with Gasteiger partial charge in [0, 0.05) is 18.6 Å². The molecule has 114 valence electrons. The van der Waals surface area contributed by atoms with E-state index in [9.17, 15) is 14.7 Å². The molecule has 2 atom stereocenters. The van der Waals surface area contributed by atoms with E-state index in [4.69, 9.17) is 0 Å². The molecule has 2 fully saturated rings. The number of carbonyl (C=O) groups is 2. The lowest BCUT2D eigenvalue weighted by molar-refractivity contribution is -0.148. The summed E-state index contributed by atoms with van der Waals surface area (Å²) in [6.45, 7) is 4.43. The highest BCUT2D eigenvalue weighted by Crippen LogP contribution is 2.38. The van der Waals surface area contributed by atoms with E-state index in [0.717, 1.165) is 25.7 Å². The molecule has 5 heteroatoms. The van der Waals surface area contributed by atoms with Gasteiger partial charge in [0.2, 0.25) is 0 Å². The number of nitrogens with zero attached hydrogens (tertiary/aromatic N) is 1. The lowest BCUT2D eigenvalue weighted by atomic mass is 9.85. The first-order valence-electron chi connectivity index (χ1n) is 7.79. The topological polar surface area (TPSA) is 69.6 Å². The van der Waals surface area contributed by atoms with Gasteiger partial charge in [0.05, 0.1) is 5.41 Å². The Balaban J connectivity index is 2.00. The maximum atomic E-state index is 12.4. The van der Waals surface area contributed by atoms with Crippen LogP contribution in [0.1, 0.15) is 58.8 Å². The van der Waals surface area contributed by atoms with Gasteiger partial charge in [-0.05, 0) is 39.5 Å². The minimum absolute atomic E-state index is 0.0845. The van der Waals surface area contributed by atoms with Crippen LogP contribution in [-0.2, 0) is 4.79 Å². The predicted molar refractivity (Wildman–Crippen MR) is 76.5 cm³/mol. The van der Waals surface area contributed by atoms with Crippen molar-refractivity contribution < 1.29 is 14.7 Å². The Bertz CT molecular complexity index is 379. The van der Waals surface area contributed by atoms with Crippen LogP contribution in [0.25, 0.3) is 0 Å². The second-order valence-corrected chi connectivity index (χ2v) is 6.34. The average Bonchev–Trinajstić information content (AvgIpc) is 3.02. The molecule has 2 N–H and O–H groups in total. The van der Waals surface area contributed by atoms with Crippen LogP contribution in [0, 0.1) is 5.41 Å². The summed E-state index contributed by atoms with van der Waals surface area (Å²) in [6.07, 6.45) is 6.78. The number of carboxylic acid groups (broad SMARTS) is 1. The van der Waals surface area contributed by atoms with Crippen molar-refractivity contribution >= 4 is 12.0 Å². The highest BCUT2D eigenvalue weighted by Gasteiger charge is 2.46. The Morgan fingerprint density at radius 1 is 1.25 bits per heavy atom. The molecule has 0 aromatic rings. The Morgan fingerprint density at radius 2 is 1.90 bits per heavy atom. The van der Waals surface area contributed by atoms with Crippen molar-refractivity contribution in [1.82, 2.24) is 10.2 Å². The molecule has 0 aliphatic heterocycles. The molecule has 2 unspecified atom stereocenters. The van der Waals surface area contributed by atoms with E-state index in [1.165, 1.54) is 12.8 Å². The number of amides is 2. The summed E-state index contributed by atoms with van der Waals surface area (Å²) in [7, 11) is 0. The average molecular weight is 282 g/mol. The van der Waals surface area contributed by atoms with Crippen LogP contribution >= 0.6 is 0 Å². The molecule has 0 spiro atoms. The molecule has 0 aromatic carbocycles. The summed E-state index contributed by atoms with van der Waals surface area (Å²) in [5.74, 6) is -0.802. The fraction of sp³-hybridized carbons (Fsp3) is 0.867. The van der Waals surface area contributed by atoms with Gasteiger partial charge in [-0.1, -0.05) is 19.3 Å². The molecule has 0 saturated heterocycles. The lowest BCUT2D eigenvalue weighted by Gasteiger charge is -2.33. The van der Waals surface area contributed by atoms with Crippen molar-refractivity contribution in [1.29, 1.82) is 0 Å². The maximum absolute atomic E-state index is 12.4. The molecule has 2 aliphatic carbocycles. The van der Waals surface area contributed by atoms with E-state index in [-0.39, 0.29) is 12.1 Å². The molecule has 20 heavy (non-hydrogen) atoms.